The Kier molecular flexibility index (Phi) is 2.15. The van der Waals surface area contributed by atoms with Gasteiger partial charge in [0.25, 0.3) is 0 Å². The molecule has 66 valence electrons. The van der Waals surface area contributed by atoms with Crippen molar-refractivity contribution in [2.75, 3.05) is 0 Å². The zero-order chi connectivity index (χ0) is 9.35. The summed E-state index contributed by atoms with van der Waals surface area (Å²) in [6.45, 7) is 7.15. The smallest absolute Gasteiger partial charge is 0.159 e. The fourth-order valence-corrected chi connectivity index (χ4v) is 1.000. The number of aryl methyl sites for hydroxylation is 2. The van der Waals surface area contributed by atoms with Crippen LogP contribution in [-0.4, -0.2) is 15.1 Å². The molecule has 0 spiro atoms. The molecule has 1 N–H and O–H groups in total. The highest BCUT2D eigenvalue weighted by molar-refractivity contribution is 5.11. The van der Waals surface area contributed by atoms with Gasteiger partial charge in [-0.05, 0) is 33.8 Å². The Labute approximate surface area is 72.5 Å². The average Bonchev–Trinajstić information content (AvgIpc) is 1.82. The zero-order valence-corrected chi connectivity index (χ0v) is 7.92. The molecule has 0 aromatic carbocycles. The molecule has 0 fully saturated rings. The molecule has 1 rings (SSSR count). The van der Waals surface area contributed by atoms with Gasteiger partial charge < -0.3 is 5.11 Å². The Morgan fingerprint density at radius 1 is 1.17 bits per heavy atom. The second kappa shape index (κ2) is 2.83. The molecule has 0 atom stereocenters. The van der Waals surface area contributed by atoms with Crippen LogP contribution in [0.1, 0.15) is 31.1 Å². The van der Waals surface area contributed by atoms with Crippen molar-refractivity contribution in [2.24, 2.45) is 0 Å². The summed E-state index contributed by atoms with van der Waals surface area (Å²) in [5, 5.41) is 9.61. The summed E-state index contributed by atoms with van der Waals surface area (Å²) < 4.78 is 0. The van der Waals surface area contributed by atoms with Gasteiger partial charge in [-0.3, -0.25) is 0 Å². The zero-order valence-electron chi connectivity index (χ0n) is 7.92. The van der Waals surface area contributed by atoms with Gasteiger partial charge in [0.2, 0.25) is 0 Å². The van der Waals surface area contributed by atoms with Gasteiger partial charge in [-0.1, -0.05) is 0 Å². The topological polar surface area (TPSA) is 46.0 Å². The Hall–Kier alpha value is -0.960. The molecule has 0 saturated heterocycles. The third-order valence-corrected chi connectivity index (χ3v) is 1.53. The van der Waals surface area contributed by atoms with E-state index in [0.717, 1.165) is 11.4 Å². The summed E-state index contributed by atoms with van der Waals surface area (Å²) in [4.78, 5) is 8.29. The van der Waals surface area contributed by atoms with Crippen molar-refractivity contribution in [3.05, 3.63) is 23.3 Å². The second-order valence-corrected chi connectivity index (χ2v) is 3.53. The maximum absolute atomic E-state index is 9.61. The van der Waals surface area contributed by atoms with Gasteiger partial charge in [-0.25, -0.2) is 9.97 Å². The van der Waals surface area contributed by atoms with Crippen LogP contribution in [0, 0.1) is 13.8 Å². The quantitative estimate of drug-likeness (QED) is 0.684. The first-order valence-electron chi connectivity index (χ1n) is 3.95. The fourth-order valence-electron chi connectivity index (χ4n) is 1.000. The normalized spacial score (nSPS) is 11.8. The van der Waals surface area contributed by atoms with E-state index in [4.69, 9.17) is 0 Å². The molecule has 0 radical (unpaired) electrons. The largest absolute Gasteiger partial charge is 0.382 e. The fraction of sp³-hybridized carbons (Fsp3) is 0.556. The molecule has 0 amide bonds. The lowest BCUT2D eigenvalue weighted by Crippen LogP contribution is -2.20. The van der Waals surface area contributed by atoms with E-state index in [2.05, 4.69) is 9.97 Å². The molecule has 0 aliphatic heterocycles. The highest BCUT2D eigenvalue weighted by atomic mass is 16.3. The molecule has 0 aliphatic rings. The summed E-state index contributed by atoms with van der Waals surface area (Å²) in [6.07, 6.45) is 0. The lowest BCUT2D eigenvalue weighted by molar-refractivity contribution is 0.0683. The van der Waals surface area contributed by atoms with Crippen LogP contribution in [0.3, 0.4) is 0 Å². The number of rotatable bonds is 1. The highest BCUT2D eigenvalue weighted by Gasteiger charge is 2.19. The Balaban J connectivity index is 3.18. The lowest BCUT2D eigenvalue weighted by atomic mass is 10.1. The van der Waals surface area contributed by atoms with Crippen molar-refractivity contribution in [1.29, 1.82) is 0 Å². The van der Waals surface area contributed by atoms with E-state index in [1.54, 1.807) is 13.8 Å². The minimum Gasteiger partial charge on any atom is -0.382 e. The summed E-state index contributed by atoms with van der Waals surface area (Å²) in [5.41, 5.74) is 0.829. The molecule has 1 heterocycles. The molecule has 0 bridgehead atoms. The lowest BCUT2D eigenvalue weighted by Gasteiger charge is -2.15. The average molecular weight is 166 g/mol. The maximum Gasteiger partial charge on any atom is 0.159 e. The summed E-state index contributed by atoms with van der Waals surface area (Å²) >= 11 is 0. The Morgan fingerprint density at radius 3 is 1.92 bits per heavy atom. The Bertz CT molecular complexity index is 269. The number of nitrogens with zero attached hydrogens (tertiary/aromatic N) is 2. The highest BCUT2D eigenvalue weighted by Crippen LogP contribution is 2.15. The van der Waals surface area contributed by atoms with Gasteiger partial charge >= 0.3 is 0 Å². The van der Waals surface area contributed by atoms with Crippen molar-refractivity contribution in [2.45, 2.75) is 33.3 Å². The molecular formula is C9H14N2O. The van der Waals surface area contributed by atoms with E-state index >= 15 is 0 Å². The van der Waals surface area contributed by atoms with Gasteiger partial charge in [-0.2, -0.15) is 0 Å². The van der Waals surface area contributed by atoms with Crippen LogP contribution in [0.4, 0.5) is 0 Å². The van der Waals surface area contributed by atoms with Crippen LogP contribution in [0.2, 0.25) is 0 Å². The molecule has 0 saturated carbocycles. The number of hydrogen-bond acceptors (Lipinski definition) is 3. The molecular weight excluding hydrogens is 152 g/mol. The predicted molar refractivity (Wildman–Crippen MR) is 46.8 cm³/mol. The van der Waals surface area contributed by atoms with E-state index in [1.807, 2.05) is 19.9 Å². The van der Waals surface area contributed by atoms with Gasteiger partial charge in [0.1, 0.15) is 5.60 Å². The minimum absolute atomic E-state index is 0.486. The van der Waals surface area contributed by atoms with Crippen molar-refractivity contribution >= 4 is 0 Å². The van der Waals surface area contributed by atoms with Gasteiger partial charge in [0.15, 0.2) is 5.82 Å². The van der Waals surface area contributed by atoms with E-state index in [9.17, 15) is 5.11 Å². The molecule has 1 aromatic heterocycles. The van der Waals surface area contributed by atoms with Crippen LogP contribution >= 0.6 is 0 Å². The van der Waals surface area contributed by atoms with Gasteiger partial charge in [0, 0.05) is 11.4 Å². The van der Waals surface area contributed by atoms with Crippen molar-refractivity contribution < 1.29 is 5.11 Å². The van der Waals surface area contributed by atoms with Gasteiger partial charge in [0.05, 0.1) is 0 Å². The molecule has 1 aromatic rings. The maximum atomic E-state index is 9.61. The van der Waals surface area contributed by atoms with Crippen LogP contribution < -0.4 is 0 Å². The third-order valence-electron chi connectivity index (χ3n) is 1.53. The first-order valence-corrected chi connectivity index (χ1v) is 3.95. The van der Waals surface area contributed by atoms with Crippen molar-refractivity contribution in [3.8, 4) is 0 Å². The van der Waals surface area contributed by atoms with E-state index in [1.165, 1.54) is 0 Å². The number of aliphatic hydroxyl groups is 1. The first-order chi connectivity index (χ1) is 5.39. The number of hydrogen-bond donors (Lipinski definition) is 1. The van der Waals surface area contributed by atoms with E-state index < -0.39 is 5.60 Å². The molecule has 3 nitrogen and oxygen atoms in total. The third kappa shape index (κ3) is 2.01. The SMILES string of the molecule is Cc1cc(C)nc(C(C)(C)O)n1. The monoisotopic (exact) mass is 166 g/mol. The first kappa shape index (κ1) is 9.13. The van der Waals surface area contributed by atoms with E-state index in [-0.39, 0.29) is 0 Å². The van der Waals surface area contributed by atoms with Crippen LogP contribution in [0.25, 0.3) is 0 Å². The standard InChI is InChI=1S/C9H14N2O/c1-6-5-7(2)11-8(10-6)9(3,4)12/h5,12H,1-4H3. The minimum atomic E-state index is -0.948. The predicted octanol–water partition coefficient (Wildman–Crippen LogP) is 1.32. The van der Waals surface area contributed by atoms with Crippen LogP contribution in [-0.2, 0) is 5.60 Å². The second-order valence-electron chi connectivity index (χ2n) is 3.53. The number of aromatic nitrogens is 2. The van der Waals surface area contributed by atoms with Crippen LogP contribution in [0.15, 0.2) is 6.07 Å². The molecule has 12 heavy (non-hydrogen) atoms. The summed E-state index contributed by atoms with van der Waals surface area (Å²) in [5.74, 6) is 0.486. The van der Waals surface area contributed by atoms with Gasteiger partial charge in [-0.15, -0.1) is 0 Å². The van der Waals surface area contributed by atoms with E-state index in [0.29, 0.717) is 5.82 Å². The molecule has 3 heteroatoms. The van der Waals surface area contributed by atoms with Crippen molar-refractivity contribution in [1.82, 2.24) is 9.97 Å². The van der Waals surface area contributed by atoms with Crippen molar-refractivity contribution in [3.63, 3.8) is 0 Å². The Morgan fingerprint density at radius 2 is 1.58 bits per heavy atom. The summed E-state index contributed by atoms with van der Waals surface area (Å²) in [7, 11) is 0. The molecule has 0 aliphatic carbocycles. The van der Waals surface area contributed by atoms with Crippen LogP contribution in [0.5, 0.6) is 0 Å². The summed E-state index contributed by atoms with van der Waals surface area (Å²) in [6, 6.07) is 1.88. The molecule has 0 unspecified atom stereocenters.